The third kappa shape index (κ3) is 3.29. The summed E-state index contributed by atoms with van der Waals surface area (Å²) < 4.78 is 29.7. The molecule has 16 heteroatoms. The predicted molar refractivity (Wildman–Crippen MR) is 88.4 cm³/mol. The first-order chi connectivity index (χ1) is 12.4. The Bertz CT molecular complexity index is 957. The number of anilines is 1. The highest BCUT2D eigenvalue weighted by atomic mass is 31.2. The Balaban J connectivity index is 2.07. The van der Waals surface area contributed by atoms with Gasteiger partial charge < -0.3 is 39.8 Å². The van der Waals surface area contributed by atoms with Crippen LogP contribution in [0.5, 0.6) is 0 Å². The zero-order valence-corrected chi connectivity index (χ0v) is 15.5. The topological polar surface area (TPSA) is 220 Å². The van der Waals surface area contributed by atoms with Gasteiger partial charge in [0, 0.05) is 13.5 Å². The summed E-state index contributed by atoms with van der Waals surface area (Å²) >= 11 is 0. The van der Waals surface area contributed by atoms with Crippen LogP contribution >= 0.6 is 15.2 Å². The van der Waals surface area contributed by atoms with E-state index < -0.39 is 45.1 Å². The number of aliphatic hydroxyl groups excluding tert-OH is 1. The number of aromatic nitrogens is 4. The number of hydrogen-bond donors (Lipinski definition) is 7. The summed E-state index contributed by atoms with van der Waals surface area (Å²) in [5.41, 5.74) is 0.473. The fourth-order valence-electron chi connectivity index (χ4n) is 2.88. The number of rotatable bonds is 5. The molecule has 7 N–H and O–H groups in total. The van der Waals surface area contributed by atoms with E-state index >= 15 is 0 Å². The SMILES string of the molecule is CNc1ncnc2c1ncn2[C@H]1C[C@@](O)(P(=O)(O)O)[C@@H](C(O)P(=O)(O)O)O1. The Hall–Kier alpha value is -1.47. The van der Waals surface area contributed by atoms with Gasteiger partial charge in [-0.2, -0.15) is 0 Å². The Labute approximate surface area is 151 Å². The van der Waals surface area contributed by atoms with Crippen LogP contribution in [-0.4, -0.2) is 73.6 Å². The summed E-state index contributed by atoms with van der Waals surface area (Å²) in [6.45, 7) is 0. The standard InChI is InChI=1S/C11H17N5O9P2/c1-12-8-6-9(14-3-13-8)16(4-15-6)5-2-11(18,27(22,23)24)7(25-5)10(17)26(19,20)21/h3-5,7,10,17-18H,2H2,1H3,(H,12,13,14)(H2,19,20,21)(H2,22,23,24)/t5-,7-,10?,11-/m1/s1. The fraction of sp³-hybridized carbons (Fsp3) is 0.545. The summed E-state index contributed by atoms with van der Waals surface area (Å²) in [7, 11) is -9.03. The Kier molecular flexibility index (Phi) is 4.92. The summed E-state index contributed by atoms with van der Waals surface area (Å²) in [5, 5.41) is 20.1. The molecule has 0 aromatic carbocycles. The first-order valence-corrected chi connectivity index (χ1v) is 10.7. The van der Waals surface area contributed by atoms with Crippen LogP contribution in [0.1, 0.15) is 12.6 Å². The minimum atomic E-state index is -5.37. The third-order valence-electron chi connectivity index (χ3n) is 4.26. The average Bonchev–Trinajstić information content (AvgIpc) is 3.14. The van der Waals surface area contributed by atoms with E-state index in [-0.39, 0.29) is 5.65 Å². The second-order valence-electron chi connectivity index (χ2n) is 5.94. The first kappa shape index (κ1) is 20.3. The van der Waals surface area contributed by atoms with Crippen LogP contribution in [0.2, 0.25) is 0 Å². The highest BCUT2D eigenvalue weighted by Gasteiger charge is 2.64. The summed E-state index contributed by atoms with van der Waals surface area (Å²) in [6, 6.07) is 0. The molecule has 2 aromatic heterocycles. The Morgan fingerprint density at radius 1 is 1.30 bits per heavy atom. The van der Waals surface area contributed by atoms with Crippen molar-refractivity contribution in [2.75, 3.05) is 12.4 Å². The third-order valence-corrected chi connectivity index (χ3v) is 6.67. The van der Waals surface area contributed by atoms with Crippen molar-refractivity contribution in [3.05, 3.63) is 12.7 Å². The predicted octanol–water partition coefficient (Wildman–Crippen LogP) is -1.48. The maximum atomic E-state index is 11.8. The van der Waals surface area contributed by atoms with E-state index in [0.717, 1.165) is 0 Å². The number of imidazole rings is 1. The lowest BCUT2D eigenvalue weighted by Crippen LogP contribution is -2.45. The summed E-state index contributed by atoms with van der Waals surface area (Å²) in [4.78, 5) is 49.4. The molecule has 1 fully saturated rings. The number of nitrogens with zero attached hydrogens (tertiary/aromatic N) is 4. The van der Waals surface area contributed by atoms with E-state index in [1.54, 1.807) is 7.05 Å². The van der Waals surface area contributed by atoms with Crippen molar-refractivity contribution >= 4 is 32.2 Å². The van der Waals surface area contributed by atoms with Gasteiger partial charge in [0.1, 0.15) is 24.2 Å². The molecule has 2 aromatic rings. The quantitative estimate of drug-likeness (QED) is 0.272. The molecular weight excluding hydrogens is 408 g/mol. The molecule has 1 unspecified atom stereocenters. The minimum absolute atomic E-state index is 0.179. The summed E-state index contributed by atoms with van der Waals surface area (Å²) in [5.74, 6) is -2.30. The van der Waals surface area contributed by atoms with Crippen molar-refractivity contribution in [1.29, 1.82) is 0 Å². The van der Waals surface area contributed by atoms with Crippen molar-refractivity contribution in [3.8, 4) is 0 Å². The smallest absolute Gasteiger partial charge is 0.359 e. The van der Waals surface area contributed by atoms with E-state index in [1.807, 2.05) is 0 Å². The molecule has 3 heterocycles. The number of ether oxygens (including phenoxy) is 1. The minimum Gasteiger partial charge on any atom is -0.378 e. The van der Waals surface area contributed by atoms with Crippen molar-refractivity contribution in [1.82, 2.24) is 19.5 Å². The van der Waals surface area contributed by atoms with Crippen LogP contribution in [0.3, 0.4) is 0 Å². The number of hydrogen-bond acceptors (Lipinski definition) is 9. The largest absolute Gasteiger partial charge is 0.378 e. The van der Waals surface area contributed by atoms with E-state index in [9.17, 15) is 38.9 Å². The molecule has 0 radical (unpaired) electrons. The first-order valence-electron chi connectivity index (χ1n) is 7.42. The molecular formula is C11H17N5O9P2. The average molecular weight is 425 g/mol. The van der Waals surface area contributed by atoms with Gasteiger partial charge in [-0.05, 0) is 0 Å². The van der Waals surface area contributed by atoms with Crippen LogP contribution in [0, 0.1) is 0 Å². The van der Waals surface area contributed by atoms with Gasteiger partial charge in [-0.25, -0.2) is 15.0 Å². The molecule has 1 saturated heterocycles. The lowest BCUT2D eigenvalue weighted by molar-refractivity contribution is -0.0776. The summed E-state index contributed by atoms with van der Waals surface area (Å²) in [6.07, 6.45) is -1.95. The van der Waals surface area contributed by atoms with Gasteiger partial charge >= 0.3 is 15.2 Å². The molecule has 1 aliphatic rings. The Morgan fingerprint density at radius 2 is 1.96 bits per heavy atom. The zero-order chi connectivity index (χ0) is 20.2. The molecule has 0 amide bonds. The molecule has 150 valence electrons. The van der Waals surface area contributed by atoms with Crippen molar-refractivity contribution in [2.24, 2.45) is 0 Å². The van der Waals surface area contributed by atoms with Gasteiger partial charge in [0.25, 0.3) is 0 Å². The van der Waals surface area contributed by atoms with Gasteiger partial charge in [-0.3, -0.25) is 13.7 Å². The maximum absolute atomic E-state index is 11.8. The monoisotopic (exact) mass is 425 g/mol. The van der Waals surface area contributed by atoms with Gasteiger partial charge in [0.05, 0.1) is 6.33 Å². The molecule has 0 saturated carbocycles. The van der Waals surface area contributed by atoms with Crippen LogP contribution in [0.15, 0.2) is 12.7 Å². The van der Waals surface area contributed by atoms with E-state index in [1.165, 1.54) is 17.2 Å². The Morgan fingerprint density at radius 3 is 2.52 bits per heavy atom. The highest BCUT2D eigenvalue weighted by molar-refractivity contribution is 7.54. The van der Waals surface area contributed by atoms with Crippen LogP contribution in [-0.2, 0) is 13.9 Å². The van der Waals surface area contributed by atoms with Crippen LogP contribution < -0.4 is 5.32 Å². The second kappa shape index (κ2) is 6.55. The molecule has 0 bridgehead atoms. The van der Waals surface area contributed by atoms with Crippen LogP contribution in [0.4, 0.5) is 5.82 Å². The molecule has 1 aliphatic heterocycles. The molecule has 0 spiro atoms. The van der Waals surface area contributed by atoms with Crippen molar-refractivity contribution < 1.29 is 43.7 Å². The second-order valence-corrected chi connectivity index (χ2v) is 9.51. The number of aliphatic hydroxyl groups is 2. The lowest BCUT2D eigenvalue weighted by atomic mass is 10.1. The fourth-order valence-corrected chi connectivity index (χ4v) is 4.59. The van der Waals surface area contributed by atoms with Crippen molar-refractivity contribution in [2.45, 2.75) is 29.9 Å². The number of fused-ring (bicyclic) bond motifs is 1. The lowest BCUT2D eigenvalue weighted by Gasteiger charge is -2.31. The zero-order valence-electron chi connectivity index (χ0n) is 13.7. The molecule has 3 rings (SSSR count). The van der Waals surface area contributed by atoms with Gasteiger partial charge in [0.15, 0.2) is 22.7 Å². The normalized spacial score (nSPS) is 27.8. The van der Waals surface area contributed by atoms with E-state index in [4.69, 9.17) is 4.74 Å². The van der Waals surface area contributed by atoms with Gasteiger partial charge in [0.2, 0.25) is 0 Å². The van der Waals surface area contributed by atoms with E-state index in [2.05, 4.69) is 20.3 Å². The molecule has 4 atom stereocenters. The van der Waals surface area contributed by atoms with E-state index in [0.29, 0.717) is 11.3 Å². The molecule has 0 aliphatic carbocycles. The number of nitrogens with one attached hydrogen (secondary N) is 1. The van der Waals surface area contributed by atoms with Gasteiger partial charge in [-0.1, -0.05) is 0 Å². The van der Waals surface area contributed by atoms with Gasteiger partial charge in [-0.15, -0.1) is 0 Å². The molecule has 27 heavy (non-hydrogen) atoms. The maximum Gasteiger partial charge on any atom is 0.359 e. The highest BCUT2D eigenvalue weighted by Crippen LogP contribution is 2.62. The van der Waals surface area contributed by atoms with Crippen molar-refractivity contribution in [3.63, 3.8) is 0 Å². The van der Waals surface area contributed by atoms with Crippen LogP contribution in [0.25, 0.3) is 11.2 Å². The molecule has 14 nitrogen and oxygen atoms in total.